The van der Waals surface area contributed by atoms with E-state index < -0.39 is 0 Å². The Morgan fingerprint density at radius 3 is 1.87 bits per heavy atom. The molecule has 0 atom stereocenters. The minimum absolute atomic E-state index is 0.0387. The van der Waals surface area contributed by atoms with Crippen LogP contribution in [-0.4, -0.2) is 50.2 Å². The quantitative estimate of drug-likeness (QED) is 0.603. The maximum atomic E-state index is 12.9. The van der Waals surface area contributed by atoms with E-state index >= 15 is 0 Å². The third-order valence-corrected chi connectivity index (χ3v) is 6.20. The highest BCUT2D eigenvalue weighted by molar-refractivity contribution is 5.94. The number of ether oxygens (including phenoxy) is 1. The van der Waals surface area contributed by atoms with Gasteiger partial charge in [-0.3, -0.25) is 9.69 Å². The van der Waals surface area contributed by atoms with Crippen molar-refractivity contribution in [3.8, 4) is 0 Å². The van der Waals surface area contributed by atoms with Gasteiger partial charge in [0.05, 0.1) is 13.2 Å². The van der Waals surface area contributed by atoms with Crippen molar-refractivity contribution in [2.75, 3.05) is 39.4 Å². The number of carbonyl (C=O) groups excluding carboxylic acids is 1. The topological polar surface area (TPSA) is 41.6 Å². The van der Waals surface area contributed by atoms with Crippen LogP contribution in [0, 0.1) is 0 Å². The highest BCUT2D eigenvalue weighted by Crippen LogP contribution is 2.36. The minimum atomic E-state index is -0.314. The van der Waals surface area contributed by atoms with Gasteiger partial charge in [-0.25, -0.2) is 0 Å². The molecule has 160 valence electrons. The smallest absolute Gasteiger partial charge is 0.251 e. The lowest BCUT2D eigenvalue weighted by atomic mass is 9.71. The van der Waals surface area contributed by atoms with Gasteiger partial charge < -0.3 is 10.1 Å². The summed E-state index contributed by atoms with van der Waals surface area (Å²) < 4.78 is 5.53. The fourth-order valence-corrected chi connectivity index (χ4v) is 4.36. The number of hydrogen-bond donors (Lipinski definition) is 1. The van der Waals surface area contributed by atoms with Crippen molar-refractivity contribution in [2.45, 2.75) is 11.8 Å². The fraction of sp³-hybridized carbons (Fsp3) is 0.296. The number of rotatable bonds is 8. The van der Waals surface area contributed by atoms with Crippen molar-refractivity contribution >= 4 is 5.91 Å². The number of amides is 1. The van der Waals surface area contributed by atoms with Crippen LogP contribution in [0.15, 0.2) is 91.0 Å². The van der Waals surface area contributed by atoms with Crippen molar-refractivity contribution in [2.24, 2.45) is 0 Å². The Bertz CT molecular complexity index is 899. The molecular formula is C27H30N2O2. The summed E-state index contributed by atoms with van der Waals surface area (Å²) in [5, 5.41) is 3.24. The monoisotopic (exact) mass is 414 g/mol. The van der Waals surface area contributed by atoms with Crippen LogP contribution >= 0.6 is 0 Å². The number of nitrogens with one attached hydrogen (secondary N) is 1. The fourth-order valence-electron chi connectivity index (χ4n) is 4.36. The average Bonchev–Trinajstić information content (AvgIpc) is 2.86. The predicted octanol–water partition coefficient (Wildman–Crippen LogP) is 4.13. The first-order valence-corrected chi connectivity index (χ1v) is 11.0. The Hall–Kier alpha value is -2.95. The van der Waals surface area contributed by atoms with Crippen LogP contribution in [0.4, 0.5) is 0 Å². The summed E-state index contributed by atoms with van der Waals surface area (Å²) in [5.74, 6) is -0.0387. The van der Waals surface area contributed by atoms with Crippen LogP contribution in [0.5, 0.6) is 0 Å². The highest BCUT2D eigenvalue weighted by Gasteiger charge is 2.35. The van der Waals surface area contributed by atoms with Crippen LogP contribution in [-0.2, 0) is 10.2 Å². The first-order chi connectivity index (χ1) is 15.3. The zero-order valence-corrected chi connectivity index (χ0v) is 17.9. The van der Waals surface area contributed by atoms with E-state index in [1.165, 1.54) is 11.1 Å². The number of morpholine rings is 1. The van der Waals surface area contributed by atoms with Gasteiger partial charge in [0.2, 0.25) is 0 Å². The summed E-state index contributed by atoms with van der Waals surface area (Å²) in [6.07, 6.45) is 0.913. The Morgan fingerprint density at radius 1 is 0.806 bits per heavy atom. The van der Waals surface area contributed by atoms with Crippen LogP contribution in [0.2, 0.25) is 0 Å². The molecule has 1 fully saturated rings. The zero-order valence-electron chi connectivity index (χ0n) is 17.9. The summed E-state index contributed by atoms with van der Waals surface area (Å²) in [6.45, 7) is 4.97. The normalized spacial score (nSPS) is 14.8. The Morgan fingerprint density at radius 2 is 1.32 bits per heavy atom. The molecule has 1 amide bonds. The van der Waals surface area contributed by atoms with Gasteiger partial charge in [0.25, 0.3) is 5.91 Å². The van der Waals surface area contributed by atoms with E-state index in [1.54, 1.807) is 0 Å². The molecular weight excluding hydrogens is 384 g/mol. The molecule has 31 heavy (non-hydrogen) atoms. The molecule has 1 N–H and O–H groups in total. The number of nitrogens with zero attached hydrogens (tertiary/aromatic N) is 1. The van der Waals surface area contributed by atoms with Gasteiger partial charge in [0.1, 0.15) is 0 Å². The Kier molecular flexibility index (Phi) is 7.13. The lowest BCUT2D eigenvalue weighted by Gasteiger charge is -2.38. The Labute approximate surface area is 184 Å². The lowest BCUT2D eigenvalue weighted by Crippen LogP contribution is -2.45. The lowest BCUT2D eigenvalue weighted by molar-refractivity contribution is 0.0351. The van der Waals surface area contributed by atoms with Gasteiger partial charge >= 0.3 is 0 Å². The van der Waals surface area contributed by atoms with E-state index in [9.17, 15) is 4.79 Å². The van der Waals surface area contributed by atoms with Gasteiger partial charge in [-0.2, -0.15) is 0 Å². The first kappa shape index (κ1) is 21.3. The molecule has 1 aliphatic rings. The molecule has 3 aromatic carbocycles. The van der Waals surface area contributed by atoms with Gasteiger partial charge in [-0.15, -0.1) is 0 Å². The van der Waals surface area contributed by atoms with Crippen molar-refractivity contribution < 1.29 is 9.53 Å². The molecule has 0 radical (unpaired) electrons. The van der Waals surface area contributed by atoms with Crippen LogP contribution in [0.25, 0.3) is 0 Å². The SMILES string of the molecule is O=C(NCC(CCN1CCOCC1)(c1ccccc1)c1ccccc1)c1ccccc1. The molecule has 4 heteroatoms. The number of hydrogen-bond acceptors (Lipinski definition) is 3. The standard InChI is InChI=1S/C27H30N2O2/c30-26(23-10-4-1-5-11-23)28-22-27(24-12-6-2-7-13-24,25-14-8-3-9-15-25)16-17-29-18-20-31-21-19-29/h1-15H,16-22H2,(H,28,30). The van der Waals surface area contributed by atoms with Crippen LogP contribution in [0.3, 0.4) is 0 Å². The van der Waals surface area contributed by atoms with E-state index in [-0.39, 0.29) is 11.3 Å². The van der Waals surface area contributed by atoms with Gasteiger partial charge in [0, 0.05) is 30.6 Å². The molecule has 0 unspecified atom stereocenters. The van der Waals surface area contributed by atoms with E-state index in [1.807, 2.05) is 42.5 Å². The summed E-state index contributed by atoms with van der Waals surface area (Å²) in [5.41, 5.74) is 2.82. The minimum Gasteiger partial charge on any atom is -0.379 e. The third kappa shape index (κ3) is 5.22. The van der Waals surface area contributed by atoms with Crippen molar-refractivity contribution in [3.05, 3.63) is 108 Å². The summed E-state index contributed by atoms with van der Waals surface area (Å²) in [7, 11) is 0. The maximum absolute atomic E-state index is 12.9. The van der Waals surface area contributed by atoms with Crippen molar-refractivity contribution in [1.82, 2.24) is 10.2 Å². The molecule has 3 aromatic rings. The van der Waals surface area contributed by atoms with E-state index in [0.717, 1.165) is 39.3 Å². The number of carbonyl (C=O) groups is 1. The van der Waals surface area contributed by atoms with Gasteiger partial charge in [-0.05, 0) is 36.2 Å². The van der Waals surface area contributed by atoms with Gasteiger partial charge in [-0.1, -0.05) is 78.9 Å². The van der Waals surface area contributed by atoms with E-state index in [4.69, 9.17) is 4.74 Å². The number of benzene rings is 3. The molecule has 0 aliphatic carbocycles. The second-order valence-electron chi connectivity index (χ2n) is 8.07. The second kappa shape index (κ2) is 10.4. The summed E-state index contributed by atoms with van der Waals surface area (Å²) in [6, 6.07) is 30.6. The van der Waals surface area contributed by atoms with Crippen molar-refractivity contribution in [1.29, 1.82) is 0 Å². The van der Waals surface area contributed by atoms with E-state index in [0.29, 0.717) is 12.1 Å². The average molecular weight is 415 g/mol. The summed E-state index contributed by atoms with van der Waals surface area (Å²) in [4.78, 5) is 15.4. The molecule has 1 aliphatic heterocycles. The molecule has 1 saturated heterocycles. The van der Waals surface area contributed by atoms with Gasteiger partial charge in [0.15, 0.2) is 0 Å². The van der Waals surface area contributed by atoms with Crippen molar-refractivity contribution in [3.63, 3.8) is 0 Å². The zero-order chi connectivity index (χ0) is 21.4. The maximum Gasteiger partial charge on any atom is 0.251 e. The highest BCUT2D eigenvalue weighted by atomic mass is 16.5. The molecule has 0 saturated carbocycles. The summed E-state index contributed by atoms with van der Waals surface area (Å²) >= 11 is 0. The second-order valence-corrected chi connectivity index (χ2v) is 8.07. The largest absolute Gasteiger partial charge is 0.379 e. The van der Waals surface area contributed by atoms with E-state index in [2.05, 4.69) is 58.7 Å². The van der Waals surface area contributed by atoms with Crippen LogP contribution < -0.4 is 5.32 Å². The third-order valence-electron chi connectivity index (χ3n) is 6.20. The molecule has 4 rings (SSSR count). The molecule has 1 heterocycles. The first-order valence-electron chi connectivity index (χ1n) is 11.0. The molecule has 0 bridgehead atoms. The Balaban J connectivity index is 1.65. The van der Waals surface area contributed by atoms with Crippen LogP contribution in [0.1, 0.15) is 27.9 Å². The molecule has 0 aromatic heterocycles. The molecule has 0 spiro atoms. The molecule has 4 nitrogen and oxygen atoms in total. The predicted molar refractivity (Wildman–Crippen MR) is 124 cm³/mol.